The third-order valence-corrected chi connectivity index (χ3v) is 6.57. The van der Waals surface area contributed by atoms with E-state index in [2.05, 4.69) is 9.71 Å². The summed E-state index contributed by atoms with van der Waals surface area (Å²) >= 11 is 5.95. The molecule has 4 nitrogen and oxygen atoms in total. The lowest BCUT2D eigenvalue weighted by Gasteiger charge is -2.10. The fourth-order valence-electron chi connectivity index (χ4n) is 3.67. The van der Waals surface area contributed by atoms with Crippen LogP contribution in [0.2, 0.25) is 5.02 Å². The zero-order valence-electron chi connectivity index (χ0n) is 14.4. The van der Waals surface area contributed by atoms with E-state index < -0.39 is 10.0 Å². The normalized spacial score (nSPS) is 15.3. The monoisotopic (exact) mass is 388 g/mol. The number of halogens is 1. The zero-order valence-corrected chi connectivity index (χ0v) is 16.0. The van der Waals surface area contributed by atoms with Crippen molar-refractivity contribution in [3.63, 3.8) is 0 Å². The van der Waals surface area contributed by atoms with E-state index in [-0.39, 0.29) is 4.90 Å². The van der Waals surface area contributed by atoms with Crippen molar-refractivity contribution in [1.29, 1.82) is 0 Å². The standard InChI is InChI=1S/C20H21ClN2O2S/c21-14-6-5-7-15(12-14)23-26(24,25)16-10-11-20-18(13-16)17-8-3-1-2-4-9-19(17)22-20/h5-7,10-13,22-23H,1-4,8-9H2. The number of nitrogens with one attached hydrogen (secondary N) is 2. The molecule has 0 fully saturated rings. The number of fused-ring (bicyclic) bond motifs is 3. The van der Waals surface area contributed by atoms with Crippen molar-refractivity contribution in [3.8, 4) is 0 Å². The molecular formula is C20H21ClN2O2S. The number of aromatic nitrogens is 1. The molecule has 1 aliphatic rings. The maximum absolute atomic E-state index is 12.8. The van der Waals surface area contributed by atoms with E-state index in [1.807, 2.05) is 6.07 Å². The van der Waals surface area contributed by atoms with Crippen LogP contribution in [0.1, 0.15) is 36.9 Å². The lowest BCUT2D eigenvalue weighted by molar-refractivity contribution is 0.601. The van der Waals surface area contributed by atoms with Crippen LogP contribution in [0, 0.1) is 0 Å². The van der Waals surface area contributed by atoms with Gasteiger partial charge in [-0.1, -0.05) is 30.5 Å². The maximum atomic E-state index is 12.8. The Balaban J connectivity index is 1.73. The molecule has 0 atom stereocenters. The highest BCUT2D eigenvalue weighted by atomic mass is 35.5. The number of hydrogen-bond acceptors (Lipinski definition) is 2. The van der Waals surface area contributed by atoms with Crippen molar-refractivity contribution in [3.05, 3.63) is 58.7 Å². The van der Waals surface area contributed by atoms with Gasteiger partial charge in [0.2, 0.25) is 0 Å². The Hall–Kier alpha value is -1.98. The Bertz CT molecular complexity index is 1060. The summed E-state index contributed by atoms with van der Waals surface area (Å²) in [5.74, 6) is 0. The first-order valence-corrected chi connectivity index (χ1v) is 10.8. The minimum atomic E-state index is -3.66. The smallest absolute Gasteiger partial charge is 0.261 e. The molecule has 0 aliphatic heterocycles. The number of H-pyrrole nitrogens is 1. The summed E-state index contributed by atoms with van der Waals surface area (Å²) in [5, 5.41) is 1.52. The second-order valence-electron chi connectivity index (χ2n) is 6.82. The summed E-state index contributed by atoms with van der Waals surface area (Å²) in [6.45, 7) is 0. The lowest BCUT2D eigenvalue weighted by atomic mass is 9.97. The van der Waals surface area contributed by atoms with Crippen LogP contribution in [-0.2, 0) is 22.9 Å². The third-order valence-electron chi connectivity index (χ3n) is 4.96. The van der Waals surface area contributed by atoms with Crippen LogP contribution >= 0.6 is 11.6 Å². The Morgan fingerprint density at radius 1 is 0.962 bits per heavy atom. The van der Waals surface area contributed by atoms with Gasteiger partial charge in [0.25, 0.3) is 10.0 Å². The van der Waals surface area contributed by atoms with Gasteiger partial charge in [-0.05, 0) is 67.6 Å². The molecule has 0 saturated carbocycles. The van der Waals surface area contributed by atoms with Gasteiger partial charge in [-0.15, -0.1) is 0 Å². The molecule has 0 unspecified atom stereocenters. The molecule has 136 valence electrons. The minimum absolute atomic E-state index is 0.272. The number of aryl methyl sites for hydroxylation is 2. The van der Waals surface area contributed by atoms with Crippen molar-refractivity contribution >= 4 is 38.2 Å². The second kappa shape index (κ2) is 6.97. The number of aromatic amines is 1. The van der Waals surface area contributed by atoms with Gasteiger partial charge in [-0.3, -0.25) is 4.72 Å². The summed E-state index contributed by atoms with van der Waals surface area (Å²) in [6, 6.07) is 12.0. The van der Waals surface area contributed by atoms with E-state index in [0.29, 0.717) is 10.7 Å². The molecule has 26 heavy (non-hydrogen) atoms. The Kier molecular flexibility index (Phi) is 4.67. The van der Waals surface area contributed by atoms with E-state index in [1.165, 1.54) is 30.5 Å². The van der Waals surface area contributed by atoms with Crippen LogP contribution in [0.25, 0.3) is 10.9 Å². The molecule has 0 amide bonds. The molecule has 1 aliphatic carbocycles. The molecule has 2 N–H and O–H groups in total. The largest absolute Gasteiger partial charge is 0.358 e. The zero-order chi connectivity index (χ0) is 18.1. The molecule has 0 bridgehead atoms. The predicted molar refractivity (Wildman–Crippen MR) is 106 cm³/mol. The van der Waals surface area contributed by atoms with E-state index in [1.54, 1.807) is 36.4 Å². The summed E-state index contributed by atoms with van der Waals surface area (Å²) in [4.78, 5) is 3.76. The summed E-state index contributed by atoms with van der Waals surface area (Å²) in [5.41, 5.74) is 4.01. The van der Waals surface area contributed by atoms with Crippen LogP contribution in [0.5, 0.6) is 0 Å². The molecule has 2 aromatic carbocycles. The van der Waals surface area contributed by atoms with Crippen molar-refractivity contribution < 1.29 is 8.42 Å². The molecular weight excluding hydrogens is 368 g/mol. The van der Waals surface area contributed by atoms with Crippen LogP contribution in [-0.4, -0.2) is 13.4 Å². The Morgan fingerprint density at radius 2 is 1.77 bits per heavy atom. The van der Waals surface area contributed by atoms with Gasteiger partial charge in [-0.25, -0.2) is 8.42 Å². The molecule has 3 aromatic rings. The third kappa shape index (κ3) is 3.46. The molecule has 0 spiro atoms. The first-order valence-electron chi connectivity index (χ1n) is 8.95. The number of anilines is 1. The van der Waals surface area contributed by atoms with E-state index >= 15 is 0 Å². The quantitative estimate of drug-likeness (QED) is 0.641. The maximum Gasteiger partial charge on any atom is 0.261 e. The lowest BCUT2D eigenvalue weighted by Crippen LogP contribution is -2.12. The van der Waals surface area contributed by atoms with Crippen LogP contribution in [0.4, 0.5) is 5.69 Å². The van der Waals surface area contributed by atoms with Gasteiger partial charge in [0, 0.05) is 21.6 Å². The highest BCUT2D eigenvalue weighted by molar-refractivity contribution is 7.92. The molecule has 4 rings (SSSR count). The average molecular weight is 389 g/mol. The van der Waals surface area contributed by atoms with Crippen LogP contribution in [0.3, 0.4) is 0 Å². The van der Waals surface area contributed by atoms with Crippen molar-refractivity contribution in [2.45, 2.75) is 43.4 Å². The van der Waals surface area contributed by atoms with Crippen LogP contribution in [0.15, 0.2) is 47.4 Å². The van der Waals surface area contributed by atoms with Crippen molar-refractivity contribution in [2.24, 2.45) is 0 Å². The molecule has 0 saturated heterocycles. The number of rotatable bonds is 3. The highest BCUT2D eigenvalue weighted by Crippen LogP contribution is 2.30. The van der Waals surface area contributed by atoms with Gasteiger partial charge in [0.1, 0.15) is 0 Å². The Morgan fingerprint density at radius 3 is 2.58 bits per heavy atom. The van der Waals surface area contributed by atoms with E-state index in [9.17, 15) is 8.42 Å². The predicted octanol–water partition coefficient (Wildman–Crippen LogP) is 5.28. The number of benzene rings is 2. The molecule has 6 heteroatoms. The minimum Gasteiger partial charge on any atom is -0.358 e. The van der Waals surface area contributed by atoms with E-state index in [0.717, 1.165) is 30.2 Å². The summed E-state index contributed by atoms with van der Waals surface area (Å²) < 4.78 is 28.2. The first kappa shape index (κ1) is 17.4. The molecule has 1 heterocycles. The summed E-state index contributed by atoms with van der Waals surface area (Å²) in [6.07, 6.45) is 6.87. The number of sulfonamides is 1. The van der Waals surface area contributed by atoms with E-state index in [4.69, 9.17) is 11.6 Å². The first-order chi connectivity index (χ1) is 12.5. The SMILES string of the molecule is O=S(=O)(Nc1cccc(Cl)c1)c1ccc2[nH]c3c(c2c1)CCCCCC3. The second-order valence-corrected chi connectivity index (χ2v) is 8.94. The van der Waals surface area contributed by atoms with Crippen LogP contribution < -0.4 is 4.72 Å². The summed E-state index contributed by atoms with van der Waals surface area (Å²) in [7, 11) is -3.66. The van der Waals surface area contributed by atoms with Crippen molar-refractivity contribution in [2.75, 3.05) is 4.72 Å². The van der Waals surface area contributed by atoms with Gasteiger partial charge in [-0.2, -0.15) is 0 Å². The van der Waals surface area contributed by atoms with Gasteiger partial charge < -0.3 is 4.98 Å². The highest BCUT2D eigenvalue weighted by Gasteiger charge is 2.19. The fourth-order valence-corrected chi connectivity index (χ4v) is 4.94. The fraction of sp³-hybridized carbons (Fsp3) is 0.300. The Labute approximate surface area is 158 Å². The van der Waals surface area contributed by atoms with Gasteiger partial charge in [0.05, 0.1) is 10.6 Å². The molecule has 1 aromatic heterocycles. The average Bonchev–Trinajstić information content (AvgIpc) is 2.90. The van der Waals surface area contributed by atoms with Gasteiger partial charge in [0.15, 0.2) is 0 Å². The van der Waals surface area contributed by atoms with Gasteiger partial charge >= 0.3 is 0 Å². The van der Waals surface area contributed by atoms with Crippen molar-refractivity contribution in [1.82, 2.24) is 4.98 Å². The topological polar surface area (TPSA) is 62.0 Å². The molecule has 0 radical (unpaired) electrons. The number of hydrogen-bond donors (Lipinski definition) is 2.